The summed E-state index contributed by atoms with van der Waals surface area (Å²) in [4.78, 5) is 5.89. The molecule has 0 aliphatic heterocycles. The van der Waals surface area contributed by atoms with E-state index in [2.05, 4.69) is 32.6 Å². The summed E-state index contributed by atoms with van der Waals surface area (Å²) in [5.74, 6) is 0.647. The SMILES string of the molecule is CC1CCc2nc(NS(=O)(=O)c3ccc(Br)cc3)sc2C1. The number of hydrogen-bond donors (Lipinski definition) is 1. The smallest absolute Gasteiger partial charge is 0.255 e. The van der Waals surface area contributed by atoms with Crippen molar-refractivity contribution in [2.24, 2.45) is 5.92 Å². The Morgan fingerprint density at radius 2 is 2.05 bits per heavy atom. The van der Waals surface area contributed by atoms with Crippen LogP contribution < -0.4 is 4.72 Å². The first-order valence-electron chi connectivity index (χ1n) is 6.71. The molecule has 1 aliphatic carbocycles. The number of halogens is 1. The lowest BCUT2D eigenvalue weighted by molar-refractivity contribution is 0.502. The van der Waals surface area contributed by atoms with Gasteiger partial charge in [0.05, 0.1) is 10.6 Å². The van der Waals surface area contributed by atoms with Crippen molar-refractivity contribution in [1.29, 1.82) is 0 Å². The molecule has 0 saturated carbocycles. The fourth-order valence-electron chi connectivity index (χ4n) is 2.37. The third kappa shape index (κ3) is 3.30. The third-order valence-corrected chi connectivity index (χ3v) is 6.58. The van der Waals surface area contributed by atoms with Crippen molar-refractivity contribution >= 4 is 42.4 Å². The van der Waals surface area contributed by atoms with Crippen molar-refractivity contribution in [1.82, 2.24) is 4.98 Å². The number of fused-ring (bicyclic) bond motifs is 1. The number of sulfonamides is 1. The van der Waals surface area contributed by atoms with Crippen molar-refractivity contribution in [3.63, 3.8) is 0 Å². The molecule has 4 nitrogen and oxygen atoms in total. The molecule has 7 heteroatoms. The second-order valence-corrected chi connectivity index (χ2v) is 8.98. The van der Waals surface area contributed by atoms with E-state index in [9.17, 15) is 8.42 Å². The molecule has 0 saturated heterocycles. The molecule has 1 atom stereocenters. The topological polar surface area (TPSA) is 59.1 Å². The molecule has 0 radical (unpaired) electrons. The first-order valence-corrected chi connectivity index (χ1v) is 9.80. The van der Waals surface area contributed by atoms with E-state index >= 15 is 0 Å². The molecule has 0 amide bonds. The summed E-state index contributed by atoms with van der Waals surface area (Å²) in [5.41, 5.74) is 1.05. The number of hydrogen-bond acceptors (Lipinski definition) is 4. The van der Waals surface area contributed by atoms with E-state index in [1.54, 1.807) is 24.3 Å². The highest BCUT2D eigenvalue weighted by molar-refractivity contribution is 9.10. The van der Waals surface area contributed by atoms with Gasteiger partial charge in [-0.05, 0) is 49.4 Å². The molecule has 1 aliphatic rings. The Labute approximate surface area is 136 Å². The van der Waals surface area contributed by atoms with Crippen molar-refractivity contribution < 1.29 is 8.42 Å². The first kappa shape index (κ1) is 15.0. The summed E-state index contributed by atoms with van der Waals surface area (Å²) in [6.45, 7) is 2.22. The second kappa shape index (κ2) is 5.70. The van der Waals surface area contributed by atoms with Gasteiger partial charge in [0.2, 0.25) is 0 Å². The summed E-state index contributed by atoms with van der Waals surface area (Å²) in [7, 11) is -3.57. The minimum atomic E-state index is -3.57. The van der Waals surface area contributed by atoms with Crippen LogP contribution in [0.4, 0.5) is 5.13 Å². The van der Waals surface area contributed by atoms with E-state index < -0.39 is 10.0 Å². The van der Waals surface area contributed by atoms with Crippen LogP contribution in [0.25, 0.3) is 0 Å². The van der Waals surface area contributed by atoms with Gasteiger partial charge in [-0.2, -0.15) is 0 Å². The Morgan fingerprint density at radius 1 is 1.33 bits per heavy atom. The molecule has 0 spiro atoms. The standard InChI is InChI=1S/C14H15BrN2O2S2/c1-9-2-7-12-13(8-9)20-14(16-12)17-21(18,19)11-5-3-10(15)4-6-11/h3-6,9H,2,7-8H2,1H3,(H,16,17). The summed E-state index contributed by atoms with van der Waals surface area (Å²) >= 11 is 4.75. The second-order valence-electron chi connectivity index (χ2n) is 5.30. The van der Waals surface area contributed by atoms with Gasteiger partial charge < -0.3 is 0 Å². The maximum absolute atomic E-state index is 12.3. The first-order chi connectivity index (χ1) is 9.94. The van der Waals surface area contributed by atoms with Crippen molar-refractivity contribution in [3.8, 4) is 0 Å². The Morgan fingerprint density at radius 3 is 2.76 bits per heavy atom. The molecule has 112 valence electrons. The maximum atomic E-state index is 12.3. The van der Waals surface area contributed by atoms with E-state index in [0.29, 0.717) is 11.0 Å². The fraction of sp³-hybridized carbons (Fsp3) is 0.357. The van der Waals surface area contributed by atoms with Crippen LogP contribution in [0.2, 0.25) is 0 Å². The van der Waals surface area contributed by atoms with Gasteiger partial charge in [0, 0.05) is 9.35 Å². The number of thiazole rings is 1. The monoisotopic (exact) mass is 386 g/mol. The van der Waals surface area contributed by atoms with Crippen LogP contribution in [0.1, 0.15) is 23.9 Å². The molecule has 1 N–H and O–H groups in total. The predicted molar refractivity (Wildman–Crippen MR) is 88.3 cm³/mol. The minimum Gasteiger partial charge on any atom is -0.255 e. The van der Waals surface area contributed by atoms with Gasteiger partial charge in [0.1, 0.15) is 0 Å². The molecule has 0 fully saturated rings. The predicted octanol–water partition coefficient (Wildman–Crippen LogP) is 3.83. The minimum absolute atomic E-state index is 0.243. The van der Waals surface area contributed by atoms with Crippen LogP contribution in [-0.4, -0.2) is 13.4 Å². The van der Waals surface area contributed by atoms with Crippen LogP contribution in [0.5, 0.6) is 0 Å². The number of nitrogens with one attached hydrogen (secondary N) is 1. The number of benzene rings is 1. The molecule has 1 aromatic carbocycles. The molecule has 1 unspecified atom stereocenters. The van der Waals surface area contributed by atoms with E-state index in [1.807, 2.05) is 0 Å². The van der Waals surface area contributed by atoms with E-state index in [1.165, 1.54) is 16.2 Å². The van der Waals surface area contributed by atoms with Gasteiger partial charge in [-0.3, -0.25) is 4.72 Å². The summed E-state index contributed by atoms with van der Waals surface area (Å²) in [6.07, 6.45) is 3.05. The van der Waals surface area contributed by atoms with Gasteiger partial charge in [0.25, 0.3) is 10.0 Å². The van der Waals surface area contributed by atoms with Gasteiger partial charge in [-0.1, -0.05) is 22.9 Å². The third-order valence-electron chi connectivity index (χ3n) is 3.53. The molecule has 21 heavy (non-hydrogen) atoms. The maximum Gasteiger partial charge on any atom is 0.263 e. The Bertz CT molecular complexity index is 754. The number of aromatic nitrogens is 1. The van der Waals surface area contributed by atoms with E-state index in [0.717, 1.165) is 29.4 Å². The lowest BCUT2D eigenvalue weighted by Crippen LogP contribution is -2.12. The van der Waals surface area contributed by atoms with Gasteiger partial charge in [-0.25, -0.2) is 13.4 Å². The van der Waals surface area contributed by atoms with Gasteiger partial charge >= 0.3 is 0 Å². The summed E-state index contributed by atoms with van der Waals surface area (Å²) in [5, 5.41) is 0.469. The zero-order valence-corrected chi connectivity index (χ0v) is 14.7. The molecular formula is C14H15BrN2O2S2. The van der Waals surface area contributed by atoms with Crippen LogP contribution in [0.3, 0.4) is 0 Å². The summed E-state index contributed by atoms with van der Waals surface area (Å²) in [6, 6.07) is 6.57. The highest BCUT2D eigenvalue weighted by atomic mass is 79.9. The Hall–Kier alpha value is -0.920. The van der Waals surface area contributed by atoms with Crippen molar-refractivity contribution in [2.45, 2.75) is 31.1 Å². The van der Waals surface area contributed by atoms with Crippen LogP contribution >= 0.6 is 27.3 Å². The zero-order chi connectivity index (χ0) is 15.0. The highest BCUT2D eigenvalue weighted by Crippen LogP contribution is 2.33. The number of nitrogens with zero attached hydrogens (tertiary/aromatic N) is 1. The van der Waals surface area contributed by atoms with E-state index in [-0.39, 0.29) is 4.90 Å². The number of rotatable bonds is 3. The van der Waals surface area contributed by atoms with Gasteiger partial charge in [0.15, 0.2) is 5.13 Å². The van der Waals surface area contributed by atoms with Crippen LogP contribution in [-0.2, 0) is 22.9 Å². The lowest BCUT2D eigenvalue weighted by Gasteiger charge is -2.15. The lowest BCUT2D eigenvalue weighted by atomic mass is 9.93. The molecule has 1 aromatic heterocycles. The molecular weight excluding hydrogens is 372 g/mol. The van der Waals surface area contributed by atoms with Crippen molar-refractivity contribution in [2.75, 3.05) is 4.72 Å². The number of aryl methyl sites for hydroxylation is 1. The Balaban J connectivity index is 1.84. The molecule has 3 rings (SSSR count). The molecule has 0 bridgehead atoms. The van der Waals surface area contributed by atoms with Crippen molar-refractivity contribution in [3.05, 3.63) is 39.3 Å². The fourth-order valence-corrected chi connectivity index (χ4v) is 5.04. The average Bonchev–Trinajstić information content (AvgIpc) is 2.79. The van der Waals surface area contributed by atoms with Crippen LogP contribution in [0.15, 0.2) is 33.6 Å². The number of anilines is 1. The van der Waals surface area contributed by atoms with E-state index in [4.69, 9.17) is 0 Å². The van der Waals surface area contributed by atoms with Gasteiger partial charge in [-0.15, -0.1) is 11.3 Å². The average molecular weight is 387 g/mol. The molecule has 1 heterocycles. The van der Waals surface area contributed by atoms with Crippen LogP contribution in [0, 0.1) is 5.92 Å². The summed E-state index contributed by atoms with van der Waals surface area (Å²) < 4.78 is 28.1. The quantitative estimate of drug-likeness (QED) is 0.871. The highest BCUT2D eigenvalue weighted by Gasteiger charge is 2.22. The molecule has 2 aromatic rings. The largest absolute Gasteiger partial charge is 0.263 e. The normalized spacial score (nSPS) is 18.3. The zero-order valence-electron chi connectivity index (χ0n) is 11.5. The Kier molecular flexibility index (Phi) is 4.07.